The number of ketones is 1. The monoisotopic (exact) mass is 166 g/mol. The van der Waals surface area contributed by atoms with Gasteiger partial charge in [0.1, 0.15) is 19.0 Å². The molecule has 2 unspecified atom stereocenters. The van der Waals surface area contributed by atoms with Crippen molar-refractivity contribution < 1.29 is 9.37 Å². The Bertz CT molecular complexity index is 240. The van der Waals surface area contributed by atoms with Gasteiger partial charge in [-0.15, -0.1) is 0 Å². The van der Waals surface area contributed by atoms with E-state index in [2.05, 4.69) is 12.3 Å². The summed E-state index contributed by atoms with van der Waals surface area (Å²) < 4.78 is 2.03. The highest BCUT2D eigenvalue weighted by Crippen LogP contribution is 2.19. The Morgan fingerprint density at radius 2 is 2.33 bits per heavy atom. The van der Waals surface area contributed by atoms with E-state index < -0.39 is 0 Å². The van der Waals surface area contributed by atoms with Crippen molar-refractivity contribution in [2.24, 2.45) is 11.8 Å². The van der Waals surface area contributed by atoms with Gasteiger partial charge in [0.2, 0.25) is 0 Å². The summed E-state index contributed by atoms with van der Waals surface area (Å²) in [5.74, 6) is 0.840. The summed E-state index contributed by atoms with van der Waals surface area (Å²) in [7, 11) is 2.01. The van der Waals surface area contributed by atoms with E-state index in [-0.39, 0.29) is 11.7 Å². The van der Waals surface area contributed by atoms with Crippen LogP contribution in [0.1, 0.15) is 20.3 Å². The van der Waals surface area contributed by atoms with E-state index >= 15 is 0 Å². The third kappa shape index (κ3) is 2.03. The van der Waals surface area contributed by atoms with Gasteiger partial charge >= 0.3 is 0 Å². The molecule has 0 saturated heterocycles. The second kappa shape index (κ2) is 3.65. The number of rotatable bonds is 2. The molecule has 1 aliphatic heterocycles. The van der Waals surface area contributed by atoms with Crippen LogP contribution in [0.4, 0.5) is 0 Å². The first-order valence-corrected chi connectivity index (χ1v) is 4.35. The van der Waals surface area contributed by atoms with E-state index in [1.165, 1.54) is 0 Å². The van der Waals surface area contributed by atoms with Gasteiger partial charge in [0.15, 0.2) is 6.20 Å². The fourth-order valence-corrected chi connectivity index (χ4v) is 1.35. The molecule has 2 heteroatoms. The van der Waals surface area contributed by atoms with Crippen molar-refractivity contribution in [1.29, 1.82) is 0 Å². The molecular formula is C10H16NO+. The average Bonchev–Trinajstić information content (AvgIpc) is 2.04. The number of nitrogens with zero attached hydrogens (tertiary/aromatic N) is 1. The molecule has 0 aromatic carbocycles. The fourth-order valence-electron chi connectivity index (χ4n) is 1.35. The number of allylic oxidation sites excluding steroid dienone is 1. The Balaban J connectivity index is 2.59. The highest BCUT2D eigenvalue weighted by Gasteiger charge is 2.21. The lowest BCUT2D eigenvalue weighted by Crippen LogP contribution is -2.21. The third-order valence-electron chi connectivity index (χ3n) is 2.52. The van der Waals surface area contributed by atoms with E-state index in [1.54, 1.807) is 6.92 Å². The minimum Gasteiger partial charge on any atom is -0.300 e. The summed E-state index contributed by atoms with van der Waals surface area (Å²) >= 11 is 0. The minimum absolute atomic E-state index is 0.159. The maximum Gasteiger partial charge on any atom is 0.164 e. The molecule has 66 valence electrons. The molecule has 0 N–H and O–H groups in total. The zero-order valence-corrected chi connectivity index (χ0v) is 7.95. The van der Waals surface area contributed by atoms with Gasteiger partial charge in [0.05, 0.1) is 0 Å². The first kappa shape index (κ1) is 9.17. The van der Waals surface area contributed by atoms with Gasteiger partial charge in [-0.3, -0.25) is 4.79 Å². The molecule has 1 heterocycles. The second-order valence-electron chi connectivity index (χ2n) is 3.49. The number of hydrogen-bond acceptors (Lipinski definition) is 1. The molecule has 0 amide bonds. The lowest BCUT2D eigenvalue weighted by atomic mass is 9.88. The van der Waals surface area contributed by atoms with Crippen molar-refractivity contribution in [2.75, 3.05) is 7.05 Å². The lowest BCUT2D eigenvalue weighted by molar-refractivity contribution is -0.420. The van der Waals surface area contributed by atoms with Gasteiger partial charge in [0.25, 0.3) is 0 Å². The Morgan fingerprint density at radius 3 is 2.75 bits per heavy atom. The van der Waals surface area contributed by atoms with Crippen LogP contribution < -0.4 is 0 Å². The van der Waals surface area contributed by atoms with E-state index in [1.807, 2.05) is 24.7 Å². The van der Waals surface area contributed by atoms with Crippen molar-refractivity contribution >= 4 is 12.0 Å². The van der Waals surface area contributed by atoms with E-state index in [0.717, 1.165) is 6.42 Å². The molecule has 0 radical (unpaired) electrons. The van der Waals surface area contributed by atoms with Crippen LogP contribution in [0.3, 0.4) is 0 Å². The van der Waals surface area contributed by atoms with Gasteiger partial charge in [0, 0.05) is 18.3 Å². The lowest BCUT2D eigenvalue weighted by Gasteiger charge is -2.16. The minimum atomic E-state index is 0.159. The molecule has 0 spiro atoms. The van der Waals surface area contributed by atoms with E-state index in [4.69, 9.17) is 0 Å². The maximum atomic E-state index is 11.1. The van der Waals surface area contributed by atoms with Crippen LogP contribution in [0.2, 0.25) is 0 Å². The molecule has 0 saturated carbocycles. The zero-order valence-electron chi connectivity index (χ0n) is 7.95. The molecule has 2 nitrogen and oxygen atoms in total. The number of Topliss-reactive ketones (excluding diaryl/α,β-unsaturated/α-hetero) is 1. The van der Waals surface area contributed by atoms with Crippen LogP contribution in [0.5, 0.6) is 0 Å². The largest absolute Gasteiger partial charge is 0.300 e. The van der Waals surface area contributed by atoms with E-state index in [0.29, 0.717) is 5.92 Å². The van der Waals surface area contributed by atoms with Crippen molar-refractivity contribution in [2.45, 2.75) is 20.3 Å². The SMILES string of the molecule is CC(=O)C(C)C1C=C[N+](C)=CC1. The smallest absolute Gasteiger partial charge is 0.164 e. The Morgan fingerprint density at radius 1 is 1.67 bits per heavy atom. The predicted molar refractivity (Wildman–Crippen MR) is 49.3 cm³/mol. The van der Waals surface area contributed by atoms with Gasteiger partial charge in [-0.1, -0.05) is 6.92 Å². The summed E-state index contributed by atoms with van der Waals surface area (Å²) in [4.78, 5) is 11.1. The molecule has 0 fully saturated rings. The van der Waals surface area contributed by atoms with Crippen LogP contribution >= 0.6 is 0 Å². The predicted octanol–water partition coefficient (Wildman–Crippen LogP) is 1.46. The molecule has 0 bridgehead atoms. The summed E-state index contributed by atoms with van der Waals surface area (Å²) in [6, 6.07) is 0. The van der Waals surface area contributed by atoms with Crippen LogP contribution in [-0.4, -0.2) is 23.6 Å². The van der Waals surface area contributed by atoms with Gasteiger partial charge < -0.3 is 0 Å². The van der Waals surface area contributed by atoms with Crippen LogP contribution in [-0.2, 0) is 4.79 Å². The maximum absolute atomic E-state index is 11.1. The average molecular weight is 166 g/mol. The molecule has 12 heavy (non-hydrogen) atoms. The molecule has 0 aromatic heterocycles. The van der Waals surface area contributed by atoms with Gasteiger partial charge in [-0.25, -0.2) is 4.58 Å². The first-order valence-electron chi connectivity index (χ1n) is 4.35. The Kier molecular flexibility index (Phi) is 2.79. The summed E-state index contributed by atoms with van der Waals surface area (Å²) in [6.45, 7) is 3.66. The zero-order chi connectivity index (χ0) is 9.14. The number of carbonyl (C=O) groups is 1. The highest BCUT2D eigenvalue weighted by molar-refractivity contribution is 5.79. The third-order valence-corrected chi connectivity index (χ3v) is 2.52. The molecular weight excluding hydrogens is 150 g/mol. The van der Waals surface area contributed by atoms with Crippen LogP contribution in [0.25, 0.3) is 0 Å². The van der Waals surface area contributed by atoms with Gasteiger partial charge in [-0.2, -0.15) is 0 Å². The van der Waals surface area contributed by atoms with Crippen LogP contribution in [0, 0.1) is 11.8 Å². The quantitative estimate of drug-likeness (QED) is 0.569. The van der Waals surface area contributed by atoms with Crippen molar-refractivity contribution in [1.82, 2.24) is 0 Å². The van der Waals surface area contributed by atoms with Gasteiger partial charge in [-0.05, 0) is 13.0 Å². The first-order chi connectivity index (χ1) is 5.61. The second-order valence-corrected chi connectivity index (χ2v) is 3.49. The van der Waals surface area contributed by atoms with Crippen LogP contribution in [0.15, 0.2) is 12.3 Å². The standard InChI is InChI=1S/C10H16NO/c1-8(9(2)12)10-4-6-11(3)7-5-10/h4,6-8,10H,5H2,1-3H3/q+1. The summed E-state index contributed by atoms with van der Waals surface area (Å²) in [6.07, 6.45) is 7.23. The highest BCUT2D eigenvalue weighted by atomic mass is 16.1. The van der Waals surface area contributed by atoms with Crippen molar-refractivity contribution in [3.8, 4) is 0 Å². The molecule has 0 aromatic rings. The normalized spacial score (nSPS) is 24.9. The fraction of sp³-hybridized carbons (Fsp3) is 0.600. The summed E-state index contributed by atoms with van der Waals surface area (Å²) in [5, 5.41) is 0. The number of hydrogen-bond donors (Lipinski definition) is 0. The van der Waals surface area contributed by atoms with Crippen molar-refractivity contribution in [3.63, 3.8) is 0 Å². The van der Waals surface area contributed by atoms with Crippen molar-refractivity contribution in [3.05, 3.63) is 12.3 Å². The molecule has 1 rings (SSSR count). The van der Waals surface area contributed by atoms with E-state index in [9.17, 15) is 4.79 Å². The Hall–Kier alpha value is -0.920. The Labute approximate surface area is 73.6 Å². The molecule has 2 atom stereocenters. The molecule has 1 aliphatic rings. The number of carbonyl (C=O) groups excluding carboxylic acids is 1. The molecule has 0 aliphatic carbocycles. The topological polar surface area (TPSA) is 20.1 Å². The summed E-state index contributed by atoms with van der Waals surface area (Å²) in [5.41, 5.74) is 0.